The van der Waals surface area contributed by atoms with Gasteiger partial charge in [0, 0.05) is 51.2 Å². The molecule has 43 heavy (non-hydrogen) atoms. The number of rotatable bonds is 8. The van der Waals surface area contributed by atoms with Gasteiger partial charge in [0.05, 0.1) is 42.3 Å². The largest absolute Gasteiger partial charge is 0.462 e. The lowest BCUT2D eigenvalue weighted by atomic mass is 10.1. The van der Waals surface area contributed by atoms with Crippen LogP contribution in [0.15, 0.2) is 41.3 Å². The second-order valence-electron chi connectivity index (χ2n) is 10.4. The lowest BCUT2D eigenvalue weighted by Gasteiger charge is -2.37. The highest BCUT2D eigenvalue weighted by Gasteiger charge is 2.33. The summed E-state index contributed by atoms with van der Waals surface area (Å²) in [6.45, 7) is 7.38. The highest BCUT2D eigenvalue weighted by molar-refractivity contribution is 5.94. The number of nitrogens with zero attached hydrogens (tertiary/aromatic N) is 4. The monoisotopic (exact) mass is 597 g/mol. The van der Waals surface area contributed by atoms with E-state index in [0.717, 1.165) is 6.07 Å². The summed E-state index contributed by atoms with van der Waals surface area (Å²) in [5.74, 6) is -2.08. The number of anilines is 3. The number of amides is 2. The van der Waals surface area contributed by atoms with Crippen molar-refractivity contribution in [2.75, 3.05) is 60.6 Å². The summed E-state index contributed by atoms with van der Waals surface area (Å²) < 4.78 is 42.6. The number of nitrogens with one attached hydrogen (secondary N) is 1. The van der Waals surface area contributed by atoms with Gasteiger partial charge in [0.15, 0.2) is 0 Å². The number of hydrogen-bond donors (Lipinski definition) is 1. The highest BCUT2D eigenvalue weighted by atomic mass is 19.1. The number of ether oxygens (including phenoxy) is 2. The van der Waals surface area contributed by atoms with Gasteiger partial charge in [-0.05, 0) is 44.2 Å². The summed E-state index contributed by atoms with van der Waals surface area (Å²) in [5, 5.41) is 2.70. The van der Waals surface area contributed by atoms with Crippen molar-refractivity contribution in [1.82, 2.24) is 9.88 Å². The van der Waals surface area contributed by atoms with Crippen molar-refractivity contribution in [2.45, 2.75) is 33.4 Å². The number of aromatic nitrogens is 1. The lowest BCUT2D eigenvalue weighted by Crippen LogP contribution is -2.47. The number of pyridine rings is 1. The van der Waals surface area contributed by atoms with Gasteiger partial charge in [-0.3, -0.25) is 14.5 Å². The maximum atomic E-state index is 15.4. The molecule has 2 aliphatic rings. The van der Waals surface area contributed by atoms with Crippen molar-refractivity contribution in [3.8, 4) is 0 Å². The maximum absolute atomic E-state index is 15.4. The number of carbonyl (C=O) groups excluding carboxylic acids is 3. The van der Waals surface area contributed by atoms with E-state index in [-0.39, 0.29) is 36.6 Å². The molecule has 2 saturated heterocycles. The van der Waals surface area contributed by atoms with Crippen LogP contribution in [0.5, 0.6) is 0 Å². The van der Waals surface area contributed by atoms with Crippen LogP contribution in [-0.2, 0) is 20.8 Å². The van der Waals surface area contributed by atoms with Crippen LogP contribution in [-0.4, -0.2) is 74.5 Å². The van der Waals surface area contributed by atoms with Gasteiger partial charge < -0.3 is 29.2 Å². The second-order valence-corrected chi connectivity index (χ2v) is 10.4. The van der Waals surface area contributed by atoms with Crippen LogP contribution in [0, 0.1) is 11.6 Å². The average Bonchev–Trinajstić information content (AvgIpc) is 3.36. The molecule has 3 heterocycles. The van der Waals surface area contributed by atoms with Gasteiger partial charge in [0.2, 0.25) is 11.3 Å². The third-order valence-corrected chi connectivity index (χ3v) is 7.64. The molecule has 13 heteroatoms. The Morgan fingerprint density at radius 2 is 1.67 bits per heavy atom. The first-order chi connectivity index (χ1) is 20.6. The van der Waals surface area contributed by atoms with Gasteiger partial charge in [-0.15, -0.1) is 0 Å². The minimum Gasteiger partial charge on any atom is -0.462 e. The summed E-state index contributed by atoms with van der Waals surface area (Å²) in [6.07, 6.45) is 0.299. The molecule has 2 aliphatic heterocycles. The van der Waals surface area contributed by atoms with E-state index in [1.807, 2.05) is 16.7 Å². The van der Waals surface area contributed by atoms with Crippen LogP contribution in [0.4, 0.5) is 30.6 Å². The fourth-order valence-corrected chi connectivity index (χ4v) is 5.46. The predicted molar refractivity (Wildman–Crippen MR) is 157 cm³/mol. The summed E-state index contributed by atoms with van der Waals surface area (Å²) >= 11 is 0. The Labute approximate surface area is 246 Å². The van der Waals surface area contributed by atoms with Crippen molar-refractivity contribution < 1.29 is 32.6 Å². The topological polar surface area (TPSA) is 113 Å². The Balaban J connectivity index is 1.30. The van der Waals surface area contributed by atoms with Gasteiger partial charge in [0.25, 0.3) is 0 Å². The fraction of sp³-hybridized carbons (Fsp3) is 0.400. The third-order valence-electron chi connectivity index (χ3n) is 7.64. The molecular formula is C30H33F2N5O6. The zero-order valence-electron chi connectivity index (χ0n) is 24.2. The highest BCUT2D eigenvalue weighted by Crippen LogP contribution is 2.31. The summed E-state index contributed by atoms with van der Waals surface area (Å²) in [6, 6.07) is 7.30. The molecule has 0 radical (unpaired) electrons. The predicted octanol–water partition coefficient (Wildman–Crippen LogP) is 3.26. The van der Waals surface area contributed by atoms with Gasteiger partial charge in [0.1, 0.15) is 23.3 Å². The first-order valence-corrected chi connectivity index (χ1v) is 14.2. The Hall–Kier alpha value is -4.68. The Morgan fingerprint density at radius 1 is 1.00 bits per heavy atom. The van der Waals surface area contributed by atoms with E-state index in [4.69, 9.17) is 9.47 Å². The molecule has 1 N–H and O–H groups in total. The van der Waals surface area contributed by atoms with Crippen molar-refractivity contribution in [1.29, 1.82) is 0 Å². The van der Waals surface area contributed by atoms with Crippen molar-refractivity contribution >= 4 is 45.9 Å². The fourth-order valence-electron chi connectivity index (χ4n) is 5.46. The minimum atomic E-state index is -0.746. The van der Waals surface area contributed by atoms with Crippen molar-refractivity contribution in [3.05, 3.63) is 63.9 Å². The normalized spacial score (nSPS) is 16.9. The second kappa shape index (κ2) is 12.3. The summed E-state index contributed by atoms with van der Waals surface area (Å²) in [7, 11) is 0. The quantitative estimate of drug-likeness (QED) is 0.394. The summed E-state index contributed by atoms with van der Waals surface area (Å²) in [4.78, 5) is 53.8. The zero-order valence-corrected chi connectivity index (χ0v) is 24.2. The number of halogens is 2. The first-order valence-electron chi connectivity index (χ1n) is 14.2. The number of piperazine rings is 1. The van der Waals surface area contributed by atoms with Crippen molar-refractivity contribution in [2.24, 2.45) is 0 Å². The molecule has 3 aromatic rings. The molecule has 1 aromatic heterocycles. The number of aryl methyl sites for hydroxylation is 1. The van der Waals surface area contributed by atoms with Crippen LogP contribution in [0.2, 0.25) is 0 Å². The van der Waals surface area contributed by atoms with Crippen LogP contribution < -0.4 is 25.4 Å². The van der Waals surface area contributed by atoms with Crippen LogP contribution in [0.1, 0.15) is 31.1 Å². The average molecular weight is 598 g/mol. The first kappa shape index (κ1) is 29.8. The van der Waals surface area contributed by atoms with E-state index in [0.29, 0.717) is 55.3 Å². The van der Waals surface area contributed by atoms with Gasteiger partial charge in [-0.25, -0.2) is 18.4 Å². The number of fused-ring (bicyclic) bond motifs is 1. The molecular weight excluding hydrogens is 564 g/mol. The van der Waals surface area contributed by atoms with E-state index in [2.05, 4.69) is 5.32 Å². The van der Waals surface area contributed by atoms with Crippen LogP contribution >= 0.6 is 0 Å². The molecule has 0 bridgehead atoms. The summed E-state index contributed by atoms with van der Waals surface area (Å²) in [5.41, 5.74) is 0.794. The third kappa shape index (κ3) is 5.97. The molecule has 2 fully saturated rings. The number of benzene rings is 2. The number of hydrogen-bond acceptors (Lipinski definition) is 8. The number of esters is 1. The minimum absolute atomic E-state index is 0.0952. The molecule has 228 valence electrons. The molecule has 0 aliphatic carbocycles. The van der Waals surface area contributed by atoms with Crippen molar-refractivity contribution in [3.63, 3.8) is 0 Å². The number of cyclic esters (lactones) is 1. The molecule has 0 spiro atoms. The van der Waals surface area contributed by atoms with Crippen LogP contribution in [0.25, 0.3) is 10.9 Å². The van der Waals surface area contributed by atoms with Gasteiger partial charge in [-0.1, -0.05) is 0 Å². The van der Waals surface area contributed by atoms with E-state index < -0.39 is 35.2 Å². The lowest BCUT2D eigenvalue weighted by molar-refractivity contribution is -0.119. The molecule has 5 rings (SSSR count). The van der Waals surface area contributed by atoms with Crippen LogP contribution in [0.3, 0.4) is 0 Å². The molecule has 2 amide bonds. The SMILES string of the molecule is CCOC(=O)c1cn(CC)c2cc(N3CCN(c4ccc(N5CC(CNC(C)=O)OC5=O)cc4F)CC3)c(F)cc2c1=O. The van der Waals surface area contributed by atoms with E-state index >= 15 is 8.78 Å². The Kier molecular flexibility index (Phi) is 8.51. The smallest absolute Gasteiger partial charge is 0.414 e. The molecule has 1 atom stereocenters. The standard InChI is InChI=1S/C30H33F2N5O6/c1-4-34-17-22(29(40)42-5-2)28(39)21-13-24(32)27(14-26(21)34)36-10-8-35(9-11-36)25-7-6-19(12-23(25)31)37-16-20(43-30(37)41)15-33-18(3)38/h6-7,12-14,17,20H,4-5,8-11,15-16H2,1-3H3,(H,33,38). The van der Waals surface area contributed by atoms with E-state index in [1.54, 1.807) is 29.7 Å². The Morgan fingerprint density at radius 3 is 2.30 bits per heavy atom. The van der Waals surface area contributed by atoms with Gasteiger partial charge in [-0.2, -0.15) is 0 Å². The molecule has 0 saturated carbocycles. The van der Waals surface area contributed by atoms with Gasteiger partial charge >= 0.3 is 12.1 Å². The zero-order chi connectivity index (χ0) is 30.8. The number of carbonyl (C=O) groups is 3. The molecule has 2 aromatic carbocycles. The molecule has 11 nitrogen and oxygen atoms in total. The van der Waals surface area contributed by atoms with E-state index in [9.17, 15) is 19.2 Å². The molecule has 1 unspecified atom stereocenters. The van der Waals surface area contributed by atoms with E-state index in [1.165, 1.54) is 24.1 Å². The Bertz CT molecular complexity index is 1640. The maximum Gasteiger partial charge on any atom is 0.414 e.